The molecule has 0 bridgehead atoms. The summed E-state index contributed by atoms with van der Waals surface area (Å²) in [6, 6.07) is 6.14. The van der Waals surface area contributed by atoms with E-state index in [1.807, 2.05) is 0 Å². The van der Waals surface area contributed by atoms with Crippen LogP contribution < -0.4 is 0 Å². The van der Waals surface area contributed by atoms with Crippen molar-refractivity contribution in [2.75, 3.05) is 13.1 Å². The summed E-state index contributed by atoms with van der Waals surface area (Å²) in [6.45, 7) is 3.47. The van der Waals surface area contributed by atoms with Crippen molar-refractivity contribution in [1.82, 2.24) is 4.90 Å². The molecule has 1 amide bonds. The van der Waals surface area contributed by atoms with Gasteiger partial charge in [0.2, 0.25) is 0 Å². The fourth-order valence-electron chi connectivity index (χ4n) is 2.36. The Hall–Kier alpha value is -1.91. The van der Waals surface area contributed by atoms with E-state index < -0.39 is 4.92 Å². The molecule has 0 saturated carbocycles. The third-order valence-electron chi connectivity index (χ3n) is 3.28. The summed E-state index contributed by atoms with van der Waals surface area (Å²) in [5.41, 5.74) is 0.0809. The molecule has 96 valence electrons. The second-order valence-corrected chi connectivity index (χ2v) is 4.77. The van der Waals surface area contributed by atoms with Gasteiger partial charge in [-0.3, -0.25) is 14.9 Å². The Morgan fingerprint density at radius 1 is 1.44 bits per heavy atom. The number of piperidine rings is 1. The van der Waals surface area contributed by atoms with Gasteiger partial charge in [0.1, 0.15) is 5.56 Å². The zero-order chi connectivity index (χ0) is 13.1. The molecule has 5 heteroatoms. The minimum Gasteiger partial charge on any atom is -0.338 e. The molecule has 1 aromatic carbocycles. The minimum atomic E-state index is -0.499. The second-order valence-electron chi connectivity index (χ2n) is 4.77. The van der Waals surface area contributed by atoms with Gasteiger partial charge in [-0.1, -0.05) is 19.1 Å². The van der Waals surface area contributed by atoms with Crippen LogP contribution in [0, 0.1) is 16.0 Å². The number of rotatable bonds is 2. The van der Waals surface area contributed by atoms with Gasteiger partial charge in [-0.05, 0) is 24.8 Å². The van der Waals surface area contributed by atoms with Crippen molar-refractivity contribution in [3.8, 4) is 0 Å². The Balaban J connectivity index is 2.25. The molecule has 1 heterocycles. The molecule has 1 saturated heterocycles. The van der Waals surface area contributed by atoms with Crippen LogP contribution in [-0.2, 0) is 0 Å². The first-order chi connectivity index (χ1) is 8.59. The molecule has 0 radical (unpaired) electrons. The topological polar surface area (TPSA) is 63.5 Å². The monoisotopic (exact) mass is 248 g/mol. The van der Waals surface area contributed by atoms with Gasteiger partial charge in [0, 0.05) is 19.2 Å². The molecule has 2 rings (SSSR count). The lowest BCUT2D eigenvalue weighted by atomic mass is 9.99. The van der Waals surface area contributed by atoms with E-state index in [0.717, 1.165) is 12.8 Å². The van der Waals surface area contributed by atoms with Crippen LogP contribution in [0.2, 0.25) is 0 Å². The van der Waals surface area contributed by atoms with Crippen LogP contribution in [0.5, 0.6) is 0 Å². The van der Waals surface area contributed by atoms with E-state index >= 15 is 0 Å². The van der Waals surface area contributed by atoms with Crippen LogP contribution in [0.15, 0.2) is 24.3 Å². The number of amides is 1. The number of hydrogen-bond acceptors (Lipinski definition) is 3. The summed E-state index contributed by atoms with van der Waals surface area (Å²) >= 11 is 0. The Kier molecular flexibility index (Phi) is 3.60. The Labute approximate surface area is 106 Å². The summed E-state index contributed by atoms with van der Waals surface area (Å²) in [7, 11) is 0. The number of carbonyl (C=O) groups excluding carboxylic acids is 1. The van der Waals surface area contributed by atoms with Gasteiger partial charge in [-0.25, -0.2) is 0 Å². The van der Waals surface area contributed by atoms with Crippen molar-refractivity contribution >= 4 is 11.6 Å². The summed E-state index contributed by atoms with van der Waals surface area (Å²) in [5.74, 6) is 0.235. The molecule has 0 aromatic heterocycles. The first-order valence-electron chi connectivity index (χ1n) is 6.12. The third kappa shape index (κ3) is 2.50. The number of nitrogens with zero attached hydrogens (tertiary/aromatic N) is 2. The maximum Gasteiger partial charge on any atom is 0.282 e. The summed E-state index contributed by atoms with van der Waals surface area (Å²) in [4.78, 5) is 24.4. The third-order valence-corrected chi connectivity index (χ3v) is 3.28. The summed E-state index contributed by atoms with van der Waals surface area (Å²) in [5, 5.41) is 10.9. The molecule has 0 aliphatic carbocycles. The Morgan fingerprint density at radius 3 is 2.83 bits per heavy atom. The zero-order valence-electron chi connectivity index (χ0n) is 10.3. The van der Waals surface area contributed by atoms with Crippen LogP contribution in [0.25, 0.3) is 0 Å². The van der Waals surface area contributed by atoms with Crippen molar-refractivity contribution in [2.24, 2.45) is 5.92 Å². The van der Waals surface area contributed by atoms with Crippen molar-refractivity contribution in [3.63, 3.8) is 0 Å². The van der Waals surface area contributed by atoms with E-state index in [4.69, 9.17) is 0 Å². The lowest BCUT2D eigenvalue weighted by molar-refractivity contribution is -0.385. The molecule has 1 aliphatic heterocycles. The lowest BCUT2D eigenvalue weighted by Gasteiger charge is -2.30. The Bertz CT molecular complexity index is 473. The van der Waals surface area contributed by atoms with Crippen molar-refractivity contribution in [3.05, 3.63) is 39.9 Å². The first kappa shape index (κ1) is 12.5. The predicted molar refractivity (Wildman–Crippen MR) is 67.4 cm³/mol. The van der Waals surface area contributed by atoms with Crippen molar-refractivity contribution < 1.29 is 9.72 Å². The molecule has 0 N–H and O–H groups in total. The van der Waals surface area contributed by atoms with Gasteiger partial charge < -0.3 is 4.90 Å². The van der Waals surface area contributed by atoms with Crippen LogP contribution in [0.3, 0.4) is 0 Å². The van der Waals surface area contributed by atoms with E-state index in [9.17, 15) is 14.9 Å². The molecular formula is C13H16N2O3. The minimum absolute atomic E-state index is 0.110. The molecule has 1 fully saturated rings. The van der Waals surface area contributed by atoms with Gasteiger partial charge in [0.25, 0.3) is 11.6 Å². The SMILES string of the molecule is CC1CCCN(C(=O)c2ccccc2[N+](=O)[O-])C1. The van der Waals surface area contributed by atoms with Crippen LogP contribution in [0.1, 0.15) is 30.1 Å². The molecule has 1 aliphatic rings. The van der Waals surface area contributed by atoms with Crippen LogP contribution >= 0.6 is 0 Å². The molecule has 1 unspecified atom stereocenters. The zero-order valence-corrected chi connectivity index (χ0v) is 10.3. The van der Waals surface area contributed by atoms with Crippen molar-refractivity contribution in [1.29, 1.82) is 0 Å². The predicted octanol–water partition coefficient (Wildman–Crippen LogP) is 2.47. The lowest BCUT2D eigenvalue weighted by Crippen LogP contribution is -2.39. The van der Waals surface area contributed by atoms with Crippen molar-refractivity contribution in [2.45, 2.75) is 19.8 Å². The van der Waals surface area contributed by atoms with Gasteiger partial charge in [0.15, 0.2) is 0 Å². The number of carbonyl (C=O) groups is 1. The first-order valence-corrected chi connectivity index (χ1v) is 6.12. The largest absolute Gasteiger partial charge is 0.338 e. The number of hydrogen-bond donors (Lipinski definition) is 0. The average Bonchev–Trinajstić information content (AvgIpc) is 2.38. The molecular weight excluding hydrogens is 232 g/mol. The Morgan fingerprint density at radius 2 is 2.17 bits per heavy atom. The van der Waals surface area contributed by atoms with E-state index in [1.54, 1.807) is 17.0 Å². The molecule has 5 nitrogen and oxygen atoms in total. The molecule has 1 atom stereocenters. The van der Waals surface area contributed by atoms with Gasteiger partial charge >= 0.3 is 0 Å². The molecule has 18 heavy (non-hydrogen) atoms. The summed E-state index contributed by atoms with van der Waals surface area (Å²) in [6.07, 6.45) is 2.08. The standard InChI is InChI=1S/C13H16N2O3/c1-10-5-4-8-14(9-10)13(16)11-6-2-3-7-12(11)15(17)18/h2-3,6-7,10H,4-5,8-9H2,1H3. The fourth-order valence-corrected chi connectivity index (χ4v) is 2.36. The number of benzene rings is 1. The number of para-hydroxylation sites is 1. The quantitative estimate of drug-likeness (QED) is 0.596. The fraction of sp³-hybridized carbons (Fsp3) is 0.462. The van der Waals surface area contributed by atoms with E-state index in [0.29, 0.717) is 19.0 Å². The average molecular weight is 248 g/mol. The molecule has 1 aromatic rings. The van der Waals surface area contributed by atoms with E-state index in [-0.39, 0.29) is 17.2 Å². The van der Waals surface area contributed by atoms with Crippen LogP contribution in [0.4, 0.5) is 5.69 Å². The normalized spacial score (nSPS) is 19.6. The highest BCUT2D eigenvalue weighted by Crippen LogP contribution is 2.23. The van der Waals surface area contributed by atoms with E-state index in [1.165, 1.54) is 12.1 Å². The van der Waals surface area contributed by atoms with E-state index in [2.05, 4.69) is 6.92 Å². The van der Waals surface area contributed by atoms with Gasteiger partial charge in [0.05, 0.1) is 4.92 Å². The highest BCUT2D eigenvalue weighted by atomic mass is 16.6. The smallest absolute Gasteiger partial charge is 0.282 e. The number of likely N-dealkylation sites (tertiary alicyclic amines) is 1. The number of nitro groups is 1. The second kappa shape index (κ2) is 5.16. The highest BCUT2D eigenvalue weighted by molar-refractivity contribution is 5.98. The van der Waals surface area contributed by atoms with Gasteiger partial charge in [-0.15, -0.1) is 0 Å². The van der Waals surface area contributed by atoms with Gasteiger partial charge in [-0.2, -0.15) is 0 Å². The maximum atomic E-state index is 12.3. The number of nitro benzene ring substituents is 1. The highest BCUT2D eigenvalue weighted by Gasteiger charge is 2.26. The maximum absolute atomic E-state index is 12.3. The molecule has 0 spiro atoms. The van der Waals surface area contributed by atoms with Crippen LogP contribution in [-0.4, -0.2) is 28.8 Å². The summed E-state index contributed by atoms with van der Waals surface area (Å²) < 4.78 is 0.